The van der Waals surface area contributed by atoms with E-state index in [2.05, 4.69) is 0 Å². The van der Waals surface area contributed by atoms with E-state index in [-0.39, 0.29) is 12.1 Å². The van der Waals surface area contributed by atoms with Gasteiger partial charge < -0.3 is 26.4 Å². The SMILES string of the molecule is N=C(C[C@H](N[C-]=O)C(=O)O)c1ccccc1N.[Fm]. The molecule has 1 amide bonds. The molecule has 0 bridgehead atoms. The Bertz CT molecular complexity index is 451. The summed E-state index contributed by atoms with van der Waals surface area (Å²) in [7, 11) is 0. The molecule has 0 aliphatic heterocycles. The van der Waals surface area contributed by atoms with E-state index in [0.29, 0.717) is 11.3 Å². The molecule has 6 nitrogen and oxygen atoms in total. The number of para-hydroxylation sites is 1. The largest absolute Gasteiger partial charge is 0.520 e. The van der Waals surface area contributed by atoms with Crippen molar-refractivity contribution >= 4 is 23.8 Å². The zero-order valence-corrected chi connectivity index (χ0v) is 11.6. The van der Waals surface area contributed by atoms with Crippen LogP contribution in [-0.2, 0) is 9.59 Å². The van der Waals surface area contributed by atoms with Crippen molar-refractivity contribution in [1.29, 1.82) is 5.41 Å². The quantitative estimate of drug-likeness (QED) is 0.196. The average molecular weight is 491 g/mol. The number of carboxylic acid groups (broad SMARTS) is 1. The van der Waals surface area contributed by atoms with Crippen LogP contribution in [0.15, 0.2) is 24.3 Å². The molecule has 7 heteroatoms. The predicted molar refractivity (Wildman–Crippen MR) is 62.6 cm³/mol. The van der Waals surface area contributed by atoms with Crippen molar-refractivity contribution in [2.24, 2.45) is 0 Å². The Kier molecular flexibility index (Phi) is 5.09. The Balaban J connectivity index is 0.00000289. The maximum absolute atomic E-state index is 10.8. The van der Waals surface area contributed by atoms with E-state index in [1.54, 1.807) is 24.3 Å². The normalized spacial score (nSPS) is 10.9. The van der Waals surface area contributed by atoms with Crippen LogP contribution in [-0.4, -0.2) is 29.2 Å². The zero-order chi connectivity index (χ0) is 12.8. The summed E-state index contributed by atoms with van der Waals surface area (Å²) in [4.78, 5) is 20.9. The Morgan fingerprint density at radius 2 is 2.11 bits per heavy atom. The molecule has 18 heavy (non-hydrogen) atoms. The van der Waals surface area contributed by atoms with Crippen LogP contribution in [0.2, 0.25) is 0 Å². The number of carboxylic acids is 1. The van der Waals surface area contributed by atoms with Crippen molar-refractivity contribution in [2.75, 3.05) is 5.73 Å². The standard InChI is InChI=1S/C11H12N3O3.Fm/c12-8-4-2-1-3-7(8)9(13)5-10(11(16)17)14-6-15;/h1-4,10,13H,5,12H2,(H,14,15)(H,16,17);/q-1;/t10-;/m0./s1. The van der Waals surface area contributed by atoms with Gasteiger partial charge in [0.25, 0.3) is 0 Å². The first kappa shape index (κ1) is 14.6. The van der Waals surface area contributed by atoms with Crippen molar-refractivity contribution in [3.63, 3.8) is 0 Å². The molecule has 0 aromatic heterocycles. The van der Waals surface area contributed by atoms with E-state index in [4.69, 9.17) is 16.2 Å². The van der Waals surface area contributed by atoms with Gasteiger partial charge in [0.2, 0.25) is 0 Å². The van der Waals surface area contributed by atoms with Gasteiger partial charge in [-0.2, -0.15) is 6.41 Å². The van der Waals surface area contributed by atoms with E-state index < -0.39 is 12.0 Å². The first-order valence-electron chi connectivity index (χ1n) is 4.84. The average Bonchev–Trinajstić information content (AvgIpc) is 2.28. The molecule has 0 saturated carbocycles. The minimum Gasteiger partial charge on any atom is -0.520 e. The first-order valence-corrected chi connectivity index (χ1v) is 4.84. The molecule has 0 heterocycles. The summed E-state index contributed by atoms with van der Waals surface area (Å²) in [6.45, 7) is 0. The van der Waals surface area contributed by atoms with Gasteiger partial charge in [-0.1, -0.05) is 18.2 Å². The molecule has 1 aromatic rings. The van der Waals surface area contributed by atoms with Crippen LogP contribution in [0, 0.1) is 5.41 Å². The summed E-state index contributed by atoms with van der Waals surface area (Å²) >= 11 is 0. The van der Waals surface area contributed by atoms with Crippen LogP contribution in [0.4, 0.5) is 5.69 Å². The van der Waals surface area contributed by atoms with Gasteiger partial charge in [0.15, 0.2) is 0 Å². The minimum absolute atomic E-state index is 0. The van der Waals surface area contributed by atoms with E-state index in [0.717, 1.165) is 0 Å². The maximum atomic E-state index is 10.8. The summed E-state index contributed by atoms with van der Waals surface area (Å²) in [5.74, 6) is -1.22. The summed E-state index contributed by atoms with van der Waals surface area (Å²) in [5, 5.41) is 18.6. The number of nitrogens with one attached hydrogen (secondary N) is 2. The van der Waals surface area contributed by atoms with Gasteiger partial charge >= 0.3 is 5.97 Å². The molecule has 0 aliphatic rings. The molecule has 0 aliphatic carbocycles. The van der Waals surface area contributed by atoms with Crippen LogP contribution in [0.5, 0.6) is 0 Å². The third kappa shape index (κ3) is 3.34. The van der Waals surface area contributed by atoms with Gasteiger partial charge in [-0.25, -0.2) is 0 Å². The van der Waals surface area contributed by atoms with Crippen molar-refractivity contribution in [3.05, 3.63) is 29.8 Å². The summed E-state index contributed by atoms with van der Waals surface area (Å²) in [6, 6.07) is 5.51. The molecule has 0 saturated heterocycles. The summed E-state index contributed by atoms with van der Waals surface area (Å²) < 4.78 is 0. The molecule has 0 spiro atoms. The number of carbonyl (C=O) groups excluding carboxylic acids is 1. The van der Waals surface area contributed by atoms with Crippen LogP contribution in [0.1, 0.15) is 12.0 Å². The van der Waals surface area contributed by atoms with E-state index in [1.165, 1.54) is 6.41 Å². The number of benzene rings is 1. The molecule has 0 fully saturated rings. The van der Waals surface area contributed by atoms with Gasteiger partial charge in [0, 0.05) is 23.4 Å². The zero-order valence-electron chi connectivity index (χ0n) is 9.22. The smallest absolute Gasteiger partial charge is 0.323 e. The number of nitrogens with two attached hydrogens (primary N) is 1. The monoisotopic (exact) mass is 491 g/mol. The summed E-state index contributed by atoms with van der Waals surface area (Å²) in [5.41, 5.74) is 6.58. The molecule has 0 unspecified atom stereocenters. The van der Waals surface area contributed by atoms with Gasteiger partial charge in [-0.15, -0.1) is 0 Å². The molecule has 0 radical (unpaired) electrons. The van der Waals surface area contributed by atoms with Gasteiger partial charge in [-0.05, 0) is 6.07 Å². The number of anilines is 1. The number of hydrogen-bond donors (Lipinski definition) is 4. The fraction of sp³-hybridized carbons (Fsp3) is 0.182. The van der Waals surface area contributed by atoms with Crippen LogP contribution in [0.25, 0.3) is 0 Å². The van der Waals surface area contributed by atoms with Gasteiger partial charge in [0.05, 0.1) is 0 Å². The fourth-order valence-corrected chi connectivity index (χ4v) is 1.36. The van der Waals surface area contributed by atoms with Crippen molar-refractivity contribution < 1.29 is 14.7 Å². The van der Waals surface area contributed by atoms with Crippen molar-refractivity contribution in [2.45, 2.75) is 12.5 Å². The van der Waals surface area contributed by atoms with E-state index >= 15 is 0 Å². The molecule has 102 valence electrons. The number of amides is 1. The Morgan fingerprint density at radius 3 is 2.61 bits per heavy atom. The maximum Gasteiger partial charge on any atom is 0.323 e. The third-order valence-corrected chi connectivity index (χ3v) is 2.23. The molecule has 1 atom stereocenters. The molecule has 1 rings (SSSR count). The van der Waals surface area contributed by atoms with E-state index in [1.807, 2.05) is 5.32 Å². The number of aliphatic carboxylic acids is 1. The number of rotatable bonds is 6. The van der Waals surface area contributed by atoms with Crippen LogP contribution in [0.3, 0.4) is 0 Å². The Morgan fingerprint density at radius 1 is 1.50 bits per heavy atom. The topological polar surface area (TPSA) is 116 Å². The number of hydrogen-bond acceptors (Lipinski definition) is 4. The molecule has 1 aromatic carbocycles. The van der Waals surface area contributed by atoms with Crippen molar-refractivity contribution in [3.8, 4) is 0 Å². The number of carbonyl (C=O) groups is 1. The molecule has 5 N–H and O–H groups in total. The van der Waals surface area contributed by atoms with Crippen LogP contribution >= 0.6 is 0 Å². The van der Waals surface area contributed by atoms with Gasteiger partial charge in [-0.3, -0.25) is 4.79 Å². The van der Waals surface area contributed by atoms with Crippen molar-refractivity contribution in [1.82, 2.24) is 5.32 Å². The van der Waals surface area contributed by atoms with Crippen LogP contribution < -0.4 is 11.1 Å². The van der Waals surface area contributed by atoms with Gasteiger partial charge in [0.1, 0.15) is 6.04 Å². The second-order valence-corrected chi connectivity index (χ2v) is 3.41. The minimum atomic E-state index is -1.22. The predicted octanol–water partition coefficient (Wildman–Crippen LogP) is 0.137. The molecular formula is C11H12FmN3O3-. The van der Waals surface area contributed by atoms with E-state index in [9.17, 15) is 9.59 Å². The first-order chi connectivity index (χ1) is 8.06. The fourth-order valence-electron chi connectivity index (χ4n) is 1.36. The second-order valence-electron chi connectivity index (χ2n) is 3.41. The Hall–Kier alpha value is -3.37. The Labute approximate surface area is 97.9 Å². The second kappa shape index (κ2) is 6.26. The third-order valence-electron chi connectivity index (χ3n) is 2.23. The molecular weight excluding hydrogens is 479 g/mol. The number of nitrogen functional groups attached to an aromatic ring is 1. The summed E-state index contributed by atoms with van der Waals surface area (Å²) in [6.07, 6.45) is 1.17.